The lowest BCUT2D eigenvalue weighted by Crippen LogP contribution is -2.09. The molecule has 2 rings (SSSR count). The highest BCUT2D eigenvalue weighted by Crippen LogP contribution is 2.28. The van der Waals surface area contributed by atoms with Crippen molar-refractivity contribution >= 4 is 17.7 Å². The first-order valence-electron chi connectivity index (χ1n) is 6.69. The molecule has 1 N–H and O–H groups in total. The Labute approximate surface area is 132 Å². The van der Waals surface area contributed by atoms with E-state index in [1.807, 2.05) is 0 Å². The molecule has 0 aliphatic heterocycles. The molecule has 6 heteroatoms. The lowest BCUT2D eigenvalue weighted by atomic mass is 10.2. The Kier molecular flexibility index (Phi) is 5.30. The summed E-state index contributed by atoms with van der Waals surface area (Å²) in [7, 11) is 3.03. The Hall–Kier alpha value is -2.89. The molecule has 23 heavy (non-hydrogen) atoms. The molecular formula is C17H15F2NO3. The second kappa shape index (κ2) is 7.40. The number of halogens is 2. The van der Waals surface area contributed by atoms with E-state index in [1.165, 1.54) is 26.4 Å². The average molecular weight is 319 g/mol. The summed E-state index contributed by atoms with van der Waals surface area (Å²) in [4.78, 5) is 11.8. The van der Waals surface area contributed by atoms with Crippen molar-refractivity contribution in [1.82, 2.24) is 0 Å². The zero-order chi connectivity index (χ0) is 16.8. The smallest absolute Gasteiger partial charge is 0.248 e. The van der Waals surface area contributed by atoms with E-state index >= 15 is 0 Å². The highest BCUT2D eigenvalue weighted by atomic mass is 19.1. The number of nitrogens with one attached hydrogen (secondary N) is 1. The van der Waals surface area contributed by atoms with Crippen molar-refractivity contribution in [3.8, 4) is 11.5 Å². The minimum absolute atomic E-state index is 0.216. The number of benzene rings is 2. The van der Waals surface area contributed by atoms with Crippen molar-refractivity contribution in [3.63, 3.8) is 0 Å². The van der Waals surface area contributed by atoms with Crippen LogP contribution in [-0.4, -0.2) is 20.1 Å². The maximum Gasteiger partial charge on any atom is 0.248 e. The van der Waals surface area contributed by atoms with Crippen molar-refractivity contribution in [2.75, 3.05) is 19.5 Å². The Morgan fingerprint density at radius 2 is 1.78 bits per heavy atom. The SMILES string of the molecule is COc1ccc(/C=C/C(=O)Nc2cc(F)ccc2F)cc1OC. The van der Waals surface area contributed by atoms with Gasteiger partial charge in [0, 0.05) is 12.1 Å². The van der Waals surface area contributed by atoms with Crippen molar-refractivity contribution in [2.45, 2.75) is 0 Å². The van der Waals surface area contributed by atoms with Gasteiger partial charge in [0.15, 0.2) is 11.5 Å². The molecule has 0 aliphatic carbocycles. The maximum absolute atomic E-state index is 13.4. The monoisotopic (exact) mass is 319 g/mol. The van der Waals surface area contributed by atoms with Crippen LogP contribution in [0.4, 0.5) is 14.5 Å². The summed E-state index contributed by atoms with van der Waals surface area (Å²) in [6.45, 7) is 0. The number of carbonyl (C=O) groups is 1. The number of hydrogen-bond donors (Lipinski definition) is 1. The van der Waals surface area contributed by atoms with E-state index in [1.54, 1.807) is 18.2 Å². The standard InChI is InChI=1S/C17H15F2NO3/c1-22-15-7-3-11(9-16(15)23-2)4-8-17(21)20-14-10-12(18)5-6-13(14)19/h3-10H,1-2H3,(H,20,21)/b8-4+. The fourth-order valence-corrected chi connectivity index (χ4v) is 1.90. The molecule has 120 valence electrons. The molecule has 0 spiro atoms. The summed E-state index contributed by atoms with van der Waals surface area (Å²) in [5.41, 5.74) is 0.476. The molecule has 0 heterocycles. The second-order valence-corrected chi connectivity index (χ2v) is 4.56. The summed E-state index contributed by atoms with van der Waals surface area (Å²) < 4.78 is 36.8. The van der Waals surface area contributed by atoms with Gasteiger partial charge in [0.25, 0.3) is 0 Å². The van der Waals surface area contributed by atoms with Crippen molar-refractivity contribution in [3.05, 3.63) is 59.7 Å². The van der Waals surface area contributed by atoms with Gasteiger partial charge in [0.1, 0.15) is 11.6 Å². The summed E-state index contributed by atoms with van der Waals surface area (Å²) in [6.07, 6.45) is 2.74. The van der Waals surface area contributed by atoms with Gasteiger partial charge < -0.3 is 14.8 Å². The van der Waals surface area contributed by atoms with Gasteiger partial charge >= 0.3 is 0 Å². The zero-order valence-electron chi connectivity index (χ0n) is 12.6. The van der Waals surface area contributed by atoms with E-state index in [2.05, 4.69) is 5.32 Å². The van der Waals surface area contributed by atoms with Gasteiger partial charge in [-0.25, -0.2) is 8.78 Å². The third-order valence-corrected chi connectivity index (χ3v) is 3.02. The van der Waals surface area contributed by atoms with Gasteiger partial charge in [-0.2, -0.15) is 0 Å². The number of carbonyl (C=O) groups excluding carboxylic acids is 1. The van der Waals surface area contributed by atoms with Crippen LogP contribution < -0.4 is 14.8 Å². The summed E-state index contributed by atoms with van der Waals surface area (Å²) in [5.74, 6) is -0.837. The Bertz CT molecular complexity index is 745. The van der Waals surface area contributed by atoms with E-state index in [0.29, 0.717) is 17.1 Å². The average Bonchev–Trinajstić information content (AvgIpc) is 2.56. The van der Waals surface area contributed by atoms with E-state index in [4.69, 9.17) is 9.47 Å². The van der Waals surface area contributed by atoms with Crippen LogP contribution in [0.5, 0.6) is 11.5 Å². The Morgan fingerprint density at radius 3 is 2.48 bits per heavy atom. The third kappa shape index (κ3) is 4.29. The Morgan fingerprint density at radius 1 is 1.04 bits per heavy atom. The van der Waals surface area contributed by atoms with Crippen molar-refractivity contribution in [2.24, 2.45) is 0 Å². The van der Waals surface area contributed by atoms with Gasteiger partial charge in [-0.05, 0) is 35.9 Å². The predicted octanol–water partition coefficient (Wildman–Crippen LogP) is 3.63. The topological polar surface area (TPSA) is 47.6 Å². The number of rotatable bonds is 5. The minimum atomic E-state index is -0.709. The van der Waals surface area contributed by atoms with Crippen LogP contribution in [0.1, 0.15) is 5.56 Å². The Balaban J connectivity index is 2.10. The van der Waals surface area contributed by atoms with Crippen LogP contribution in [0.25, 0.3) is 6.08 Å². The lowest BCUT2D eigenvalue weighted by molar-refractivity contribution is -0.111. The molecule has 0 saturated heterocycles. The molecule has 2 aromatic rings. The molecule has 0 aromatic heterocycles. The fourth-order valence-electron chi connectivity index (χ4n) is 1.90. The maximum atomic E-state index is 13.4. The minimum Gasteiger partial charge on any atom is -0.493 e. The molecular weight excluding hydrogens is 304 g/mol. The first kappa shape index (κ1) is 16.5. The quantitative estimate of drug-likeness (QED) is 0.856. The molecule has 0 unspecified atom stereocenters. The molecule has 2 aromatic carbocycles. The van der Waals surface area contributed by atoms with Gasteiger partial charge in [0.05, 0.1) is 19.9 Å². The normalized spacial score (nSPS) is 10.6. The third-order valence-electron chi connectivity index (χ3n) is 3.02. The highest BCUT2D eigenvalue weighted by Gasteiger charge is 2.07. The highest BCUT2D eigenvalue weighted by molar-refractivity contribution is 6.02. The van der Waals surface area contributed by atoms with Gasteiger partial charge in [-0.1, -0.05) is 6.07 Å². The molecule has 0 saturated carbocycles. The van der Waals surface area contributed by atoms with Gasteiger partial charge in [-0.15, -0.1) is 0 Å². The van der Waals surface area contributed by atoms with E-state index < -0.39 is 17.5 Å². The number of anilines is 1. The molecule has 0 fully saturated rings. The molecule has 4 nitrogen and oxygen atoms in total. The van der Waals surface area contributed by atoms with E-state index in [-0.39, 0.29) is 5.69 Å². The van der Waals surface area contributed by atoms with Crippen LogP contribution in [0.15, 0.2) is 42.5 Å². The van der Waals surface area contributed by atoms with Gasteiger partial charge in [0.2, 0.25) is 5.91 Å². The summed E-state index contributed by atoms with van der Waals surface area (Å²) >= 11 is 0. The number of hydrogen-bond acceptors (Lipinski definition) is 3. The largest absolute Gasteiger partial charge is 0.493 e. The molecule has 0 aliphatic rings. The van der Waals surface area contributed by atoms with Crippen LogP contribution in [-0.2, 0) is 4.79 Å². The van der Waals surface area contributed by atoms with Crippen molar-refractivity contribution < 1.29 is 23.0 Å². The molecule has 0 radical (unpaired) electrons. The lowest BCUT2D eigenvalue weighted by Gasteiger charge is -2.07. The number of amides is 1. The summed E-state index contributed by atoms with van der Waals surface area (Å²) in [5, 5.41) is 2.28. The molecule has 0 bridgehead atoms. The molecule has 0 atom stereocenters. The second-order valence-electron chi connectivity index (χ2n) is 4.56. The fraction of sp³-hybridized carbons (Fsp3) is 0.118. The van der Waals surface area contributed by atoms with Crippen LogP contribution in [0.3, 0.4) is 0 Å². The van der Waals surface area contributed by atoms with Crippen molar-refractivity contribution in [1.29, 1.82) is 0 Å². The molecule has 1 amide bonds. The first-order valence-corrected chi connectivity index (χ1v) is 6.69. The summed E-state index contributed by atoms with van der Waals surface area (Å²) in [6, 6.07) is 7.95. The predicted molar refractivity (Wildman–Crippen MR) is 83.6 cm³/mol. The van der Waals surface area contributed by atoms with Crippen LogP contribution in [0, 0.1) is 11.6 Å². The van der Waals surface area contributed by atoms with Gasteiger partial charge in [-0.3, -0.25) is 4.79 Å². The number of methoxy groups -OCH3 is 2. The van der Waals surface area contributed by atoms with E-state index in [0.717, 1.165) is 18.2 Å². The first-order chi connectivity index (χ1) is 11.0. The number of ether oxygens (including phenoxy) is 2. The van der Waals surface area contributed by atoms with E-state index in [9.17, 15) is 13.6 Å². The van der Waals surface area contributed by atoms with Crippen LogP contribution >= 0.6 is 0 Å². The van der Waals surface area contributed by atoms with Crippen LogP contribution in [0.2, 0.25) is 0 Å². The zero-order valence-corrected chi connectivity index (χ0v) is 12.6.